The first-order valence-electron chi connectivity index (χ1n) is 7.65. The highest BCUT2D eigenvalue weighted by Gasteiger charge is 2.19. The number of halogens is 2. The summed E-state index contributed by atoms with van der Waals surface area (Å²) in [6, 6.07) is 9.59. The highest BCUT2D eigenvalue weighted by molar-refractivity contribution is 6.39. The molecule has 6 nitrogen and oxygen atoms in total. The van der Waals surface area contributed by atoms with E-state index in [1.54, 1.807) is 24.3 Å². The molecule has 0 fully saturated rings. The van der Waals surface area contributed by atoms with Crippen LogP contribution in [0, 0.1) is 11.6 Å². The number of hydrogen-bond donors (Lipinski definition) is 2. The quantitative estimate of drug-likeness (QED) is 0.772. The molecule has 2 N–H and O–H groups in total. The molecule has 1 unspecified atom stereocenters. The van der Waals surface area contributed by atoms with Crippen molar-refractivity contribution in [2.24, 2.45) is 0 Å². The molecule has 0 aromatic heterocycles. The minimum absolute atomic E-state index is 0.00154. The van der Waals surface area contributed by atoms with Gasteiger partial charge in [0.15, 0.2) is 0 Å². The van der Waals surface area contributed by atoms with Crippen LogP contribution < -0.4 is 15.4 Å². The first-order valence-corrected chi connectivity index (χ1v) is 7.65. The molecule has 1 atom stereocenters. The lowest BCUT2D eigenvalue weighted by molar-refractivity contribution is -0.136. The molecule has 8 heteroatoms. The lowest BCUT2D eigenvalue weighted by Gasteiger charge is -2.17. The minimum Gasteiger partial charge on any atom is -0.497 e. The van der Waals surface area contributed by atoms with E-state index in [9.17, 15) is 18.4 Å². The monoisotopic (exact) mass is 364 g/mol. The van der Waals surface area contributed by atoms with E-state index in [0.29, 0.717) is 5.75 Å². The van der Waals surface area contributed by atoms with Crippen LogP contribution in [0.25, 0.3) is 0 Å². The Kier molecular flexibility index (Phi) is 6.62. The van der Waals surface area contributed by atoms with Gasteiger partial charge in [-0.25, -0.2) is 8.78 Å². The van der Waals surface area contributed by atoms with Crippen LogP contribution in [0.4, 0.5) is 14.5 Å². The molecule has 2 aromatic carbocycles. The van der Waals surface area contributed by atoms with E-state index >= 15 is 0 Å². The number of amides is 2. The van der Waals surface area contributed by atoms with Gasteiger partial charge >= 0.3 is 11.8 Å². The number of carbonyl (C=O) groups is 2. The lowest BCUT2D eigenvalue weighted by Crippen LogP contribution is -2.38. The normalized spacial score (nSPS) is 11.5. The Morgan fingerprint density at radius 3 is 2.54 bits per heavy atom. The summed E-state index contributed by atoms with van der Waals surface area (Å²) in [7, 11) is 2.98. The van der Waals surface area contributed by atoms with Gasteiger partial charge in [0.1, 0.15) is 17.4 Å². The predicted molar refractivity (Wildman–Crippen MR) is 90.7 cm³/mol. The first kappa shape index (κ1) is 19.3. The van der Waals surface area contributed by atoms with Crippen LogP contribution in [0.15, 0.2) is 42.5 Å². The molecule has 2 amide bonds. The molecule has 138 valence electrons. The number of methoxy groups -OCH3 is 2. The summed E-state index contributed by atoms with van der Waals surface area (Å²) in [5.41, 5.74) is 0.324. The van der Waals surface area contributed by atoms with E-state index < -0.39 is 35.2 Å². The highest BCUT2D eigenvalue weighted by atomic mass is 19.1. The van der Waals surface area contributed by atoms with E-state index in [1.165, 1.54) is 14.2 Å². The van der Waals surface area contributed by atoms with Gasteiger partial charge in [-0.15, -0.1) is 0 Å². The lowest BCUT2D eigenvalue weighted by atomic mass is 10.1. The zero-order valence-electron chi connectivity index (χ0n) is 14.2. The molecular weight excluding hydrogens is 346 g/mol. The van der Waals surface area contributed by atoms with Crippen molar-refractivity contribution in [2.45, 2.75) is 6.10 Å². The molecular formula is C18H18F2N2O4. The number of benzene rings is 2. The molecule has 0 aliphatic heterocycles. The molecule has 2 aromatic rings. The second-order valence-corrected chi connectivity index (χ2v) is 5.29. The summed E-state index contributed by atoms with van der Waals surface area (Å²) in [5.74, 6) is -3.08. The van der Waals surface area contributed by atoms with Crippen molar-refractivity contribution >= 4 is 17.5 Å². The zero-order valence-corrected chi connectivity index (χ0v) is 14.2. The van der Waals surface area contributed by atoms with E-state index in [0.717, 1.165) is 23.8 Å². The minimum atomic E-state index is -1.12. The fourth-order valence-corrected chi connectivity index (χ4v) is 2.22. The molecule has 0 aliphatic rings. The number of anilines is 1. The summed E-state index contributed by atoms with van der Waals surface area (Å²) in [5, 5.41) is 4.41. The van der Waals surface area contributed by atoms with Crippen LogP contribution in [-0.2, 0) is 14.3 Å². The van der Waals surface area contributed by atoms with Crippen molar-refractivity contribution in [1.29, 1.82) is 0 Å². The van der Waals surface area contributed by atoms with Crippen LogP contribution in [-0.4, -0.2) is 32.6 Å². The third-order valence-corrected chi connectivity index (χ3v) is 3.58. The van der Waals surface area contributed by atoms with Gasteiger partial charge in [-0.1, -0.05) is 12.1 Å². The van der Waals surface area contributed by atoms with Gasteiger partial charge in [0.25, 0.3) is 0 Å². The number of nitrogens with one attached hydrogen (secondary N) is 2. The molecule has 0 aliphatic carbocycles. The Balaban J connectivity index is 1.97. The zero-order chi connectivity index (χ0) is 19.1. The van der Waals surface area contributed by atoms with E-state index in [-0.39, 0.29) is 6.54 Å². The van der Waals surface area contributed by atoms with Crippen LogP contribution in [0.5, 0.6) is 5.75 Å². The predicted octanol–water partition coefficient (Wildman–Crippen LogP) is 2.42. The van der Waals surface area contributed by atoms with Crippen molar-refractivity contribution in [3.05, 3.63) is 59.7 Å². The second kappa shape index (κ2) is 8.91. The molecule has 0 bridgehead atoms. The Morgan fingerprint density at radius 1 is 1.08 bits per heavy atom. The first-order chi connectivity index (χ1) is 12.4. The summed E-state index contributed by atoms with van der Waals surface area (Å²) in [6.07, 6.45) is -0.521. The van der Waals surface area contributed by atoms with Gasteiger partial charge < -0.3 is 20.1 Å². The summed E-state index contributed by atoms with van der Waals surface area (Å²) in [4.78, 5) is 23.7. The van der Waals surface area contributed by atoms with Crippen LogP contribution >= 0.6 is 0 Å². The van der Waals surface area contributed by atoms with E-state index in [2.05, 4.69) is 5.32 Å². The molecule has 26 heavy (non-hydrogen) atoms. The molecule has 0 saturated carbocycles. The fraction of sp³-hybridized carbons (Fsp3) is 0.222. The summed E-state index contributed by atoms with van der Waals surface area (Å²) >= 11 is 0. The molecule has 2 rings (SSSR count). The Labute approximate surface area is 149 Å². The Hall–Kier alpha value is -3.00. The van der Waals surface area contributed by atoms with Gasteiger partial charge in [-0.05, 0) is 29.8 Å². The van der Waals surface area contributed by atoms with Gasteiger partial charge in [0.2, 0.25) is 0 Å². The number of rotatable bonds is 6. The summed E-state index contributed by atoms with van der Waals surface area (Å²) in [6.45, 7) is 0.00154. The number of carbonyl (C=O) groups excluding carboxylic acids is 2. The SMILES string of the molecule is COc1cccc(C(CNC(=O)C(=O)Nc2cc(F)ccc2F)OC)c1. The Bertz CT molecular complexity index is 799. The van der Waals surface area contributed by atoms with Crippen molar-refractivity contribution in [3.63, 3.8) is 0 Å². The van der Waals surface area contributed by atoms with Gasteiger partial charge in [0, 0.05) is 19.7 Å². The topological polar surface area (TPSA) is 76.7 Å². The molecule has 0 saturated heterocycles. The van der Waals surface area contributed by atoms with E-state index in [1.807, 2.05) is 5.32 Å². The maximum Gasteiger partial charge on any atom is 0.313 e. The van der Waals surface area contributed by atoms with Crippen molar-refractivity contribution < 1.29 is 27.8 Å². The average Bonchev–Trinajstić information content (AvgIpc) is 2.65. The molecule has 0 heterocycles. The maximum atomic E-state index is 13.5. The third-order valence-electron chi connectivity index (χ3n) is 3.58. The maximum absolute atomic E-state index is 13.5. The smallest absolute Gasteiger partial charge is 0.313 e. The highest BCUT2D eigenvalue weighted by Crippen LogP contribution is 2.21. The standard InChI is InChI=1S/C18H18F2N2O4/c1-25-13-5-3-4-11(8-13)16(26-2)10-21-17(23)18(24)22-15-9-12(19)6-7-14(15)20/h3-9,16H,10H2,1-2H3,(H,21,23)(H,22,24). The van der Waals surface area contributed by atoms with Crippen molar-refractivity contribution in [1.82, 2.24) is 5.32 Å². The van der Waals surface area contributed by atoms with Crippen LogP contribution in [0.1, 0.15) is 11.7 Å². The summed E-state index contributed by atoms with van der Waals surface area (Å²) < 4.78 is 37.0. The second-order valence-electron chi connectivity index (χ2n) is 5.29. The van der Waals surface area contributed by atoms with Crippen LogP contribution in [0.2, 0.25) is 0 Å². The van der Waals surface area contributed by atoms with Gasteiger partial charge in [0.05, 0.1) is 18.9 Å². The van der Waals surface area contributed by atoms with Gasteiger partial charge in [-0.2, -0.15) is 0 Å². The van der Waals surface area contributed by atoms with E-state index in [4.69, 9.17) is 9.47 Å². The molecule has 0 radical (unpaired) electrons. The van der Waals surface area contributed by atoms with Gasteiger partial charge in [-0.3, -0.25) is 9.59 Å². The largest absolute Gasteiger partial charge is 0.497 e. The number of hydrogen-bond acceptors (Lipinski definition) is 4. The van der Waals surface area contributed by atoms with Crippen molar-refractivity contribution in [2.75, 3.05) is 26.1 Å². The fourth-order valence-electron chi connectivity index (χ4n) is 2.22. The third kappa shape index (κ3) is 5.00. The number of ether oxygens (including phenoxy) is 2. The Morgan fingerprint density at radius 2 is 1.85 bits per heavy atom. The molecule has 0 spiro atoms. The van der Waals surface area contributed by atoms with Crippen LogP contribution in [0.3, 0.4) is 0 Å². The average molecular weight is 364 g/mol. The van der Waals surface area contributed by atoms with Crippen molar-refractivity contribution in [3.8, 4) is 5.75 Å².